The molecular formula is C14H15BrN2O. The maximum absolute atomic E-state index is 11.1. The zero-order valence-corrected chi connectivity index (χ0v) is 12.1. The van der Waals surface area contributed by atoms with Crippen LogP contribution in [0.2, 0.25) is 0 Å². The van der Waals surface area contributed by atoms with E-state index in [0.29, 0.717) is 5.56 Å². The van der Waals surface area contributed by atoms with Gasteiger partial charge in [0.15, 0.2) is 6.29 Å². The molecule has 0 radical (unpaired) electrons. The SMILES string of the molecule is CCCn1cc(C=O)c(-c2cc(C)cc(Br)c2)n1. The summed E-state index contributed by atoms with van der Waals surface area (Å²) in [6.45, 7) is 4.94. The molecule has 0 spiro atoms. The van der Waals surface area contributed by atoms with Crippen LogP contribution in [0.3, 0.4) is 0 Å². The molecule has 2 rings (SSSR count). The highest BCUT2D eigenvalue weighted by molar-refractivity contribution is 9.10. The molecule has 0 aliphatic heterocycles. The number of aldehydes is 1. The van der Waals surface area contributed by atoms with Crippen LogP contribution in [0, 0.1) is 6.92 Å². The fraction of sp³-hybridized carbons (Fsp3) is 0.286. The van der Waals surface area contributed by atoms with E-state index in [0.717, 1.165) is 40.5 Å². The molecule has 0 aliphatic rings. The summed E-state index contributed by atoms with van der Waals surface area (Å²) >= 11 is 3.47. The Morgan fingerprint density at radius 1 is 1.39 bits per heavy atom. The minimum Gasteiger partial charge on any atom is -0.298 e. The van der Waals surface area contributed by atoms with Crippen LogP contribution in [0.1, 0.15) is 29.3 Å². The van der Waals surface area contributed by atoms with Gasteiger partial charge in [-0.1, -0.05) is 22.9 Å². The molecule has 3 nitrogen and oxygen atoms in total. The van der Waals surface area contributed by atoms with E-state index in [1.807, 2.05) is 36.0 Å². The van der Waals surface area contributed by atoms with Crippen LogP contribution in [0.5, 0.6) is 0 Å². The van der Waals surface area contributed by atoms with E-state index in [2.05, 4.69) is 28.0 Å². The molecule has 4 heteroatoms. The first kappa shape index (κ1) is 13.0. The molecule has 0 aliphatic carbocycles. The summed E-state index contributed by atoms with van der Waals surface area (Å²) in [5.41, 5.74) is 3.50. The Balaban J connectivity index is 2.51. The minimum atomic E-state index is 0.640. The van der Waals surface area contributed by atoms with Gasteiger partial charge in [-0.3, -0.25) is 9.48 Å². The molecule has 2 aromatic rings. The summed E-state index contributed by atoms with van der Waals surface area (Å²) < 4.78 is 2.83. The average Bonchev–Trinajstić information content (AvgIpc) is 2.71. The van der Waals surface area contributed by atoms with Crippen molar-refractivity contribution in [2.75, 3.05) is 0 Å². The van der Waals surface area contributed by atoms with Crippen molar-refractivity contribution in [3.05, 3.63) is 40.0 Å². The van der Waals surface area contributed by atoms with Crippen molar-refractivity contribution in [1.82, 2.24) is 9.78 Å². The number of rotatable bonds is 4. The number of halogens is 1. The number of benzene rings is 1. The largest absolute Gasteiger partial charge is 0.298 e. The van der Waals surface area contributed by atoms with Gasteiger partial charge >= 0.3 is 0 Å². The van der Waals surface area contributed by atoms with Gasteiger partial charge in [-0.05, 0) is 37.1 Å². The van der Waals surface area contributed by atoms with E-state index in [4.69, 9.17) is 0 Å². The molecule has 1 aromatic heterocycles. The highest BCUT2D eigenvalue weighted by Crippen LogP contribution is 2.26. The van der Waals surface area contributed by atoms with Crippen LogP contribution in [0.25, 0.3) is 11.3 Å². The van der Waals surface area contributed by atoms with E-state index in [1.54, 1.807) is 0 Å². The molecule has 0 atom stereocenters. The molecular weight excluding hydrogens is 292 g/mol. The van der Waals surface area contributed by atoms with Crippen LogP contribution in [-0.2, 0) is 6.54 Å². The summed E-state index contributed by atoms with van der Waals surface area (Å²) in [5, 5.41) is 4.49. The fourth-order valence-electron chi connectivity index (χ4n) is 1.96. The van der Waals surface area contributed by atoms with Crippen LogP contribution in [0.4, 0.5) is 0 Å². The Kier molecular flexibility index (Phi) is 3.97. The van der Waals surface area contributed by atoms with Gasteiger partial charge in [-0.15, -0.1) is 0 Å². The van der Waals surface area contributed by atoms with Crippen molar-refractivity contribution in [3.63, 3.8) is 0 Å². The van der Waals surface area contributed by atoms with Crippen molar-refractivity contribution in [2.45, 2.75) is 26.8 Å². The molecule has 0 unspecified atom stereocenters. The zero-order valence-electron chi connectivity index (χ0n) is 10.5. The van der Waals surface area contributed by atoms with Crippen molar-refractivity contribution < 1.29 is 4.79 Å². The number of nitrogens with zero attached hydrogens (tertiary/aromatic N) is 2. The van der Waals surface area contributed by atoms with E-state index in [9.17, 15) is 4.79 Å². The first-order chi connectivity index (χ1) is 8.63. The number of carbonyl (C=O) groups is 1. The summed E-state index contributed by atoms with van der Waals surface area (Å²) in [7, 11) is 0. The van der Waals surface area contributed by atoms with Gasteiger partial charge in [-0.2, -0.15) is 5.10 Å². The lowest BCUT2D eigenvalue weighted by molar-refractivity contribution is 0.112. The average molecular weight is 307 g/mol. The third kappa shape index (κ3) is 2.70. The molecule has 1 aromatic carbocycles. The van der Waals surface area contributed by atoms with E-state index in [1.165, 1.54) is 0 Å². The van der Waals surface area contributed by atoms with Gasteiger partial charge in [0.1, 0.15) is 5.69 Å². The summed E-state index contributed by atoms with van der Waals surface area (Å²) in [5.74, 6) is 0. The molecule has 0 bridgehead atoms. The Morgan fingerprint density at radius 2 is 2.17 bits per heavy atom. The second kappa shape index (κ2) is 5.48. The van der Waals surface area contributed by atoms with Crippen LogP contribution < -0.4 is 0 Å². The molecule has 18 heavy (non-hydrogen) atoms. The first-order valence-electron chi connectivity index (χ1n) is 5.94. The Labute approximate surface area is 115 Å². The normalized spacial score (nSPS) is 10.6. The lowest BCUT2D eigenvalue weighted by Crippen LogP contribution is -1.96. The quantitative estimate of drug-likeness (QED) is 0.804. The van der Waals surface area contributed by atoms with Crippen molar-refractivity contribution in [3.8, 4) is 11.3 Å². The zero-order chi connectivity index (χ0) is 13.1. The topological polar surface area (TPSA) is 34.9 Å². The van der Waals surface area contributed by atoms with Crippen LogP contribution >= 0.6 is 15.9 Å². The summed E-state index contributed by atoms with van der Waals surface area (Å²) in [4.78, 5) is 11.1. The van der Waals surface area contributed by atoms with Gasteiger partial charge in [0.05, 0.1) is 5.56 Å². The Hall–Kier alpha value is -1.42. The van der Waals surface area contributed by atoms with E-state index < -0.39 is 0 Å². The maximum Gasteiger partial charge on any atom is 0.153 e. The Morgan fingerprint density at radius 3 is 2.78 bits per heavy atom. The first-order valence-corrected chi connectivity index (χ1v) is 6.73. The van der Waals surface area contributed by atoms with Crippen molar-refractivity contribution in [1.29, 1.82) is 0 Å². The monoisotopic (exact) mass is 306 g/mol. The lowest BCUT2D eigenvalue weighted by atomic mass is 10.1. The second-order valence-electron chi connectivity index (χ2n) is 4.33. The third-order valence-electron chi connectivity index (χ3n) is 2.69. The predicted molar refractivity (Wildman–Crippen MR) is 75.8 cm³/mol. The molecule has 0 N–H and O–H groups in total. The standard InChI is InChI=1S/C14H15BrN2O/c1-3-4-17-8-12(9-18)14(16-17)11-5-10(2)6-13(15)7-11/h5-9H,3-4H2,1-2H3. The summed E-state index contributed by atoms with van der Waals surface area (Å²) in [6, 6.07) is 6.06. The minimum absolute atomic E-state index is 0.640. The highest BCUT2D eigenvalue weighted by Gasteiger charge is 2.11. The molecule has 0 fully saturated rings. The number of aryl methyl sites for hydroxylation is 2. The summed E-state index contributed by atoms with van der Waals surface area (Å²) in [6.07, 6.45) is 3.67. The molecule has 0 saturated carbocycles. The van der Waals surface area contributed by atoms with Crippen LogP contribution in [-0.4, -0.2) is 16.1 Å². The van der Waals surface area contributed by atoms with E-state index in [-0.39, 0.29) is 0 Å². The smallest absolute Gasteiger partial charge is 0.153 e. The number of hydrogen-bond acceptors (Lipinski definition) is 2. The number of hydrogen-bond donors (Lipinski definition) is 0. The van der Waals surface area contributed by atoms with Crippen LogP contribution in [0.15, 0.2) is 28.9 Å². The molecule has 0 saturated heterocycles. The van der Waals surface area contributed by atoms with Gasteiger partial charge in [-0.25, -0.2) is 0 Å². The van der Waals surface area contributed by atoms with Gasteiger partial charge in [0, 0.05) is 22.8 Å². The van der Waals surface area contributed by atoms with Gasteiger partial charge in [0.25, 0.3) is 0 Å². The molecule has 94 valence electrons. The number of aromatic nitrogens is 2. The van der Waals surface area contributed by atoms with Gasteiger partial charge in [0.2, 0.25) is 0 Å². The highest BCUT2D eigenvalue weighted by atomic mass is 79.9. The van der Waals surface area contributed by atoms with Gasteiger partial charge < -0.3 is 0 Å². The van der Waals surface area contributed by atoms with Crippen molar-refractivity contribution >= 4 is 22.2 Å². The molecule has 0 amide bonds. The lowest BCUT2D eigenvalue weighted by Gasteiger charge is -2.02. The molecule has 1 heterocycles. The fourth-order valence-corrected chi connectivity index (χ4v) is 2.57. The van der Waals surface area contributed by atoms with Crippen molar-refractivity contribution in [2.24, 2.45) is 0 Å². The predicted octanol–water partition coefficient (Wildman–Crippen LogP) is 3.84. The maximum atomic E-state index is 11.1. The number of carbonyl (C=O) groups excluding carboxylic acids is 1. The third-order valence-corrected chi connectivity index (χ3v) is 3.14. The Bertz CT molecular complexity index is 555. The second-order valence-corrected chi connectivity index (χ2v) is 5.25. The van der Waals surface area contributed by atoms with E-state index >= 15 is 0 Å².